The van der Waals surface area contributed by atoms with Gasteiger partial charge in [-0.05, 0) is 48.5 Å². The molecule has 0 aliphatic heterocycles. The van der Waals surface area contributed by atoms with Crippen LogP contribution in [0.4, 0.5) is 0 Å². The zero-order valence-electron chi connectivity index (χ0n) is 12.4. The van der Waals surface area contributed by atoms with Gasteiger partial charge in [0, 0.05) is 21.7 Å². The fourth-order valence-electron chi connectivity index (χ4n) is 1.40. The predicted molar refractivity (Wildman–Crippen MR) is 66.9 cm³/mol. The zero-order valence-corrected chi connectivity index (χ0v) is 13.9. The number of carbonyl (C=O) groups is 3. The summed E-state index contributed by atoms with van der Waals surface area (Å²) in [6, 6.07) is 0. The van der Waals surface area contributed by atoms with Crippen molar-refractivity contribution in [2.24, 2.45) is 5.92 Å². The van der Waals surface area contributed by atoms with Gasteiger partial charge >= 0.3 is 0 Å². The Morgan fingerprint density at radius 1 is 0.722 bits per heavy atom. The molecule has 18 heavy (non-hydrogen) atoms. The summed E-state index contributed by atoms with van der Waals surface area (Å²) in [7, 11) is 0. The molecule has 0 atom stereocenters. The summed E-state index contributed by atoms with van der Waals surface area (Å²) in [5.74, 6) is -2.15. The van der Waals surface area contributed by atoms with Crippen molar-refractivity contribution in [1.29, 1.82) is 0 Å². The SMILES string of the molecule is CC(=O)C(C(C)=O)C(C)=O.CC(C)OC(C)C.[Ti]. The molecule has 0 heterocycles. The summed E-state index contributed by atoms with van der Waals surface area (Å²) < 4.78 is 5.25. The molecule has 0 spiro atoms. The monoisotopic (exact) mass is 292 g/mol. The summed E-state index contributed by atoms with van der Waals surface area (Å²) >= 11 is 0. The second-order valence-corrected chi connectivity index (χ2v) is 4.50. The number of hydrogen-bond donors (Lipinski definition) is 0. The second kappa shape index (κ2) is 11.8. The minimum absolute atomic E-state index is 0. The molecule has 0 unspecified atom stereocenters. The van der Waals surface area contributed by atoms with Crippen LogP contribution in [-0.2, 0) is 40.8 Å². The predicted octanol–water partition coefficient (Wildman–Crippen LogP) is 2.19. The van der Waals surface area contributed by atoms with Crippen molar-refractivity contribution in [1.82, 2.24) is 0 Å². The first-order valence-corrected chi connectivity index (χ1v) is 5.76. The van der Waals surface area contributed by atoms with E-state index in [0.717, 1.165) is 0 Å². The van der Waals surface area contributed by atoms with Crippen LogP contribution in [0.1, 0.15) is 48.5 Å². The van der Waals surface area contributed by atoms with Crippen molar-refractivity contribution >= 4 is 17.3 Å². The second-order valence-electron chi connectivity index (χ2n) is 4.50. The molecule has 0 radical (unpaired) electrons. The minimum Gasteiger partial charge on any atom is -0.376 e. The minimum atomic E-state index is -1.03. The van der Waals surface area contributed by atoms with Gasteiger partial charge in [-0.25, -0.2) is 0 Å². The van der Waals surface area contributed by atoms with Gasteiger partial charge in [-0.15, -0.1) is 0 Å². The summed E-state index contributed by atoms with van der Waals surface area (Å²) in [4.78, 5) is 31.8. The van der Waals surface area contributed by atoms with Gasteiger partial charge in [-0.1, -0.05) is 0 Å². The van der Waals surface area contributed by atoms with Crippen LogP contribution in [0.3, 0.4) is 0 Å². The number of ketones is 3. The topological polar surface area (TPSA) is 60.4 Å². The molecule has 4 nitrogen and oxygen atoms in total. The Morgan fingerprint density at radius 2 is 0.944 bits per heavy atom. The van der Waals surface area contributed by atoms with E-state index < -0.39 is 5.92 Å². The van der Waals surface area contributed by atoms with Crippen LogP contribution in [0.5, 0.6) is 0 Å². The largest absolute Gasteiger partial charge is 0.376 e. The standard InChI is InChI=1S/C7H10O3.C6H14O.Ti/c1-4(8)7(5(2)9)6(3)10;1-5(2)7-6(3)4;/h7H,1-3H3;5-6H,1-4H3;. The molecule has 0 aromatic heterocycles. The molecular weight excluding hydrogens is 268 g/mol. The molecule has 0 amide bonds. The van der Waals surface area contributed by atoms with Crippen LogP contribution in [0.15, 0.2) is 0 Å². The van der Waals surface area contributed by atoms with E-state index in [9.17, 15) is 14.4 Å². The molecule has 0 bridgehead atoms. The first-order chi connectivity index (χ1) is 7.59. The molecule has 0 aromatic rings. The molecule has 0 fully saturated rings. The average molecular weight is 292 g/mol. The molecule has 0 rings (SSSR count). The van der Waals surface area contributed by atoms with Gasteiger partial charge in [0.25, 0.3) is 0 Å². The van der Waals surface area contributed by atoms with Crippen LogP contribution in [-0.4, -0.2) is 29.6 Å². The van der Waals surface area contributed by atoms with Gasteiger partial charge in [0.1, 0.15) is 23.3 Å². The molecular formula is C13H24O4Ti. The van der Waals surface area contributed by atoms with Gasteiger partial charge in [-0.2, -0.15) is 0 Å². The maximum atomic E-state index is 10.6. The van der Waals surface area contributed by atoms with Crippen LogP contribution in [0.25, 0.3) is 0 Å². The van der Waals surface area contributed by atoms with Crippen molar-refractivity contribution < 1.29 is 40.8 Å². The Balaban J connectivity index is -0.000000251. The van der Waals surface area contributed by atoms with Crippen molar-refractivity contribution in [3.63, 3.8) is 0 Å². The fourth-order valence-corrected chi connectivity index (χ4v) is 1.40. The van der Waals surface area contributed by atoms with E-state index in [1.54, 1.807) is 0 Å². The molecule has 0 saturated heterocycles. The Labute approximate surface area is 125 Å². The number of ether oxygens (including phenoxy) is 1. The van der Waals surface area contributed by atoms with Gasteiger partial charge in [0.05, 0.1) is 12.2 Å². The summed E-state index contributed by atoms with van der Waals surface area (Å²) in [5.41, 5.74) is 0. The summed E-state index contributed by atoms with van der Waals surface area (Å²) in [6.07, 6.45) is 0.750. The maximum Gasteiger partial charge on any atom is 0.147 e. The number of carbonyl (C=O) groups excluding carboxylic acids is 3. The normalized spacial score (nSPS) is 9.67. The van der Waals surface area contributed by atoms with E-state index in [-0.39, 0.29) is 39.1 Å². The Kier molecular flexibility index (Phi) is 14.9. The molecule has 0 aliphatic rings. The van der Waals surface area contributed by atoms with Crippen LogP contribution in [0, 0.1) is 5.92 Å². The van der Waals surface area contributed by atoms with Crippen LogP contribution < -0.4 is 0 Å². The molecule has 0 aromatic carbocycles. The van der Waals surface area contributed by atoms with Gasteiger partial charge in [0.15, 0.2) is 0 Å². The number of rotatable bonds is 5. The van der Waals surface area contributed by atoms with Crippen molar-refractivity contribution in [2.45, 2.75) is 60.7 Å². The van der Waals surface area contributed by atoms with Crippen molar-refractivity contribution in [3.05, 3.63) is 0 Å². The molecule has 104 valence electrons. The quantitative estimate of drug-likeness (QED) is 0.575. The Hall–Kier alpha value is -0.316. The van der Waals surface area contributed by atoms with E-state index in [1.165, 1.54) is 20.8 Å². The Bertz CT molecular complexity index is 233. The van der Waals surface area contributed by atoms with E-state index in [4.69, 9.17) is 4.74 Å². The third kappa shape index (κ3) is 13.7. The van der Waals surface area contributed by atoms with Crippen LogP contribution in [0.2, 0.25) is 0 Å². The smallest absolute Gasteiger partial charge is 0.147 e. The van der Waals surface area contributed by atoms with Gasteiger partial charge in [0.2, 0.25) is 0 Å². The molecule has 0 saturated carbocycles. The third-order valence-corrected chi connectivity index (χ3v) is 1.76. The zero-order chi connectivity index (χ0) is 14.2. The molecule has 0 N–H and O–H groups in total. The average Bonchev–Trinajstić information content (AvgIpc) is 1.97. The summed E-state index contributed by atoms with van der Waals surface area (Å²) in [6.45, 7) is 11.9. The first-order valence-electron chi connectivity index (χ1n) is 5.76. The van der Waals surface area contributed by atoms with E-state index in [2.05, 4.69) is 0 Å². The molecule has 0 aliphatic carbocycles. The molecule has 5 heteroatoms. The Morgan fingerprint density at radius 3 is 0.944 bits per heavy atom. The van der Waals surface area contributed by atoms with E-state index >= 15 is 0 Å². The number of hydrogen-bond acceptors (Lipinski definition) is 4. The summed E-state index contributed by atoms with van der Waals surface area (Å²) in [5, 5.41) is 0. The van der Waals surface area contributed by atoms with Gasteiger partial charge in [-0.3, -0.25) is 14.4 Å². The first kappa shape index (κ1) is 22.8. The maximum absolute atomic E-state index is 10.6. The third-order valence-electron chi connectivity index (χ3n) is 1.76. The van der Waals surface area contributed by atoms with Crippen molar-refractivity contribution in [3.8, 4) is 0 Å². The van der Waals surface area contributed by atoms with E-state index in [0.29, 0.717) is 12.2 Å². The van der Waals surface area contributed by atoms with Crippen LogP contribution >= 0.6 is 0 Å². The van der Waals surface area contributed by atoms with Gasteiger partial charge < -0.3 is 4.74 Å². The fraction of sp³-hybridized carbons (Fsp3) is 0.769. The van der Waals surface area contributed by atoms with E-state index in [1.807, 2.05) is 27.7 Å². The number of Topliss-reactive ketones (excluding diaryl/α,β-unsaturated/α-hetero) is 3. The van der Waals surface area contributed by atoms with Crippen molar-refractivity contribution in [2.75, 3.05) is 0 Å².